The fraction of sp³-hybridized carbons (Fsp3) is 0.727. The van der Waals surface area contributed by atoms with Crippen LogP contribution in [-0.4, -0.2) is 16.8 Å². The number of phenolic OH excluding ortho intramolecular Hbond substituents is 1. The molecule has 1 aromatic carbocycles. The molecule has 0 unspecified atom stereocenters. The predicted molar refractivity (Wildman–Crippen MR) is 104 cm³/mol. The fourth-order valence-corrected chi connectivity index (χ4v) is 3.27. The molecule has 0 spiro atoms. The first-order valence-electron chi connectivity index (χ1n) is 10.2. The highest BCUT2D eigenvalue weighted by atomic mass is 16.3. The summed E-state index contributed by atoms with van der Waals surface area (Å²) in [7, 11) is 0. The van der Waals surface area contributed by atoms with E-state index in [9.17, 15) is 5.11 Å². The summed E-state index contributed by atoms with van der Waals surface area (Å²) in [5, 5.41) is 18.4. The van der Waals surface area contributed by atoms with Crippen LogP contribution in [0.1, 0.15) is 95.5 Å². The van der Waals surface area contributed by atoms with Crippen molar-refractivity contribution in [1.82, 2.24) is 0 Å². The van der Waals surface area contributed by atoms with E-state index >= 15 is 0 Å². The van der Waals surface area contributed by atoms with Gasteiger partial charge in [0.2, 0.25) is 0 Å². The molecule has 0 bridgehead atoms. The first kappa shape index (κ1) is 21.0. The molecule has 1 aromatic rings. The summed E-state index contributed by atoms with van der Waals surface area (Å²) < 4.78 is 0. The molecule has 0 aliphatic carbocycles. The second kappa shape index (κ2) is 15.5. The molecule has 2 nitrogen and oxygen atoms in total. The molecule has 0 fully saturated rings. The van der Waals surface area contributed by atoms with Crippen molar-refractivity contribution in [3.05, 3.63) is 29.8 Å². The Bertz CT molecular complexity index is 389. The second-order valence-electron chi connectivity index (χ2n) is 7.05. The Morgan fingerprint density at radius 2 is 0.958 bits per heavy atom. The molecule has 2 heteroatoms. The van der Waals surface area contributed by atoms with Gasteiger partial charge in [-0.05, 0) is 30.9 Å². The van der Waals surface area contributed by atoms with E-state index in [1.807, 2.05) is 18.2 Å². The van der Waals surface area contributed by atoms with E-state index in [0.29, 0.717) is 12.4 Å². The lowest BCUT2D eigenvalue weighted by molar-refractivity contribution is 0.282. The molecular weight excluding hydrogens is 296 g/mol. The van der Waals surface area contributed by atoms with Crippen LogP contribution >= 0.6 is 0 Å². The predicted octanol–water partition coefficient (Wildman–Crippen LogP) is 6.39. The summed E-state index contributed by atoms with van der Waals surface area (Å²) in [6.45, 7) is 0.356. The van der Waals surface area contributed by atoms with Crippen LogP contribution in [0.3, 0.4) is 0 Å². The topological polar surface area (TPSA) is 40.5 Å². The maximum absolute atomic E-state index is 9.72. The Kier molecular flexibility index (Phi) is 13.6. The third kappa shape index (κ3) is 11.5. The molecule has 0 aliphatic rings. The number of para-hydroxylation sites is 1. The van der Waals surface area contributed by atoms with Gasteiger partial charge < -0.3 is 10.2 Å². The highest BCUT2D eigenvalue weighted by Gasteiger charge is 1.99. The number of hydrogen-bond donors (Lipinski definition) is 2. The Labute approximate surface area is 149 Å². The fourth-order valence-electron chi connectivity index (χ4n) is 3.27. The van der Waals surface area contributed by atoms with E-state index in [-0.39, 0.29) is 0 Å². The number of aliphatic hydroxyl groups is 1. The van der Waals surface area contributed by atoms with Crippen LogP contribution in [0.5, 0.6) is 5.75 Å². The van der Waals surface area contributed by atoms with Crippen molar-refractivity contribution in [3.8, 4) is 5.75 Å². The van der Waals surface area contributed by atoms with Gasteiger partial charge in [0.15, 0.2) is 0 Å². The minimum absolute atomic E-state index is 0.356. The summed E-state index contributed by atoms with van der Waals surface area (Å²) in [5.41, 5.74) is 1.09. The summed E-state index contributed by atoms with van der Waals surface area (Å²) in [4.78, 5) is 0. The molecule has 138 valence electrons. The van der Waals surface area contributed by atoms with Crippen molar-refractivity contribution in [2.24, 2.45) is 0 Å². The molecule has 1 rings (SSSR count). The van der Waals surface area contributed by atoms with Crippen LogP contribution in [0, 0.1) is 0 Å². The quantitative estimate of drug-likeness (QED) is 0.344. The van der Waals surface area contributed by atoms with Gasteiger partial charge in [-0.2, -0.15) is 0 Å². The van der Waals surface area contributed by atoms with E-state index < -0.39 is 0 Å². The molecular formula is C22H38O2. The summed E-state index contributed by atoms with van der Waals surface area (Å²) >= 11 is 0. The monoisotopic (exact) mass is 334 g/mol. The molecule has 0 saturated heterocycles. The average molecular weight is 335 g/mol. The van der Waals surface area contributed by atoms with E-state index in [0.717, 1.165) is 18.4 Å². The zero-order valence-electron chi connectivity index (χ0n) is 15.5. The number of unbranched alkanes of at least 4 members (excludes halogenated alkanes) is 13. The average Bonchev–Trinajstić information content (AvgIpc) is 2.60. The third-order valence-corrected chi connectivity index (χ3v) is 4.85. The number of phenols is 1. The third-order valence-electron chi connectivity index (χ3n) is 4.85. The lowest BCUT2D eigenvalue weighted by Crippen LogP contribution is -1.87. The van der Waals surface area contributed by atoms with Gasteiger partial charge in [-0.25, -0.2) is 0 Å². The molecule has 2 N–H and O–H groups in total. The van der Waals surface area contributed by atoms with Crippen LogP contribution in [0.15, 0.2) is 24.3 Å². The van der Waals surface area contributed by atoms with Crippen LogP contribution in [0.4, 0.5) is 0 Å². The van der Waals surface area contributed by atoms with Crippen molar-refractivity contribution in [2.45, 2.75) is 96.3 Å². The smallest absolute Gasteiger partial charge is 0.118 e. The van der Waals surface area contributed by atoms with Gasteiger partial charge in [-0.1, -0.05) is 95.2 Å². The normalized spacial score (nSPS) is 11.0. The number of aromatic hydroxyl groups is 1. The van der Waals surface area contributed by atoms with E-state index in [1.165, 1.54) is 83.5 Å². The maximum atomic E-state index is 9.72. The zero-order chi connectivity index (χ0) is 17.3. The molecule has 0 amide bonds. The van der Waals surface area contributed by atoms with Crippen LogP contribution in [0.25, 0.3) is 0 Å². The molecule has 24 heavy (non-hydrogen) atoms. The Morgan fingerprint density at radius 3 is 1.42 bits per heavy atom. The molecule has 0 aliphatic heterocycles. The van der Waals surface area contributed by atoms with Gasteiger partial charge in [0.25, 0.3) is 0 Å². The molecule has 0 aromatic heterocycles. The van der Waals surface area contributed by atoms with E-state index in [1.54, 1.807) is 6.07 Å². The van der Waals surface area contributed by atoms with Gasteiger partial charge in [0.1, 0.15) is 5.75 Å². The number of hydrogen-bond acceptors (Lipinski definition) is 2. The minimum Gasteiger partial charge on any atom is -0.508 e. The van der Waals surface area contributed by atoms with Crippen molar-refractivity contribution >= 4 is 0 Å². The van der Waals surface area contributed by atoms with Gasteiger partial charge >= 0.3 is 0 Å². The summed E-state index contributed by atoms with van der Waals surface area (Å²) in [5.74, 6) is 0.450. The molecule has 0 radical (unpaired) electrons. The zero-order valence-corrected chi connectivity index (χ0v) is 15.5. The number of aliphatic hydroxyl groups excluding tert-OH is 1. The van der Waals surface area contributed by atoms with Gasteiger partial charge in [0.05, 0.1) is 0 Å². The number of aryl methyl sites for hydroxylation is 1. The van der Waals surface area contributed by atoms with Crippen molar-refractivity contribution in [2.75, 3.05) is 6.61 Å². The molecule has 0 heterocycles. The second-order valence-corrected chi connectivity index (χ2v) is 7.05. The van der Waals surface area contributed by atoms with E-state index in [2.05, 4.69) is 0 Å². The van der Waals surface area contributed by atoms with Crippen molar-refractivity contribution in [1.29, 1.82) is 0 Å². The minimum atomic E-state index is 0.356. The Morgan fingerprint density at radius 1 is 0.542 bits per heavy atom. The lowest BCUT2D eigenvalue weighted by Gasteiger charge is -2.05. The first-order valence-corrected chi connectivity index (χ1v) is 10.2. The number of rotatable bonds is 16. The largest absolute Gasteiger partial charge is 0.508 e. The highest BCUT2D eigenvalue weighted by Crippen LogP contribution is 2.19. The lowest BCUT2D eigenvalue weighted by atomic mass is 10.0. The highest BCUT2D eigenvalue weighted by molar-refractivity contribution is 5.31. The van der Waals surface area contributed by atoms with Crippen LogP contribution in [-0.2, 0) is 6.42 Å². The van der Waals surface area contributed by atoms with Crippen LogP contribution in [0.2, 0.25) is 0 Å². The summed E-state index contributed by atoms with van der Waals surface area (Å²) in [6, 6.07) is 7.70. The Hall–Kier alpha value is -1.02. The molecule has 0 saturated carbocycles. The summed E-state index contributed by atoms with van der Waals surface area (Å²) in [6.07, 6.45) is 19.3. The van der Waals surface area contributed by atoms with Gasteiger partial charge in [0, 0.05) is 6.61 Å². The SMILES string of the molecule is OCCCCCCCCCCCCCCCCc1ccccc1O. The van der Waals surface area contributed by atoms with Gasteiger partial charge in [-0.15, -0.1) is 0 Å². The molecule has 0 atom stereocenters. The number of benzene rings is 1. The standard InChI is InChI=1S/C22H38O2/c23-20-16-12-10-8-6-4-2-1-3-5-7-9-11-13-17-21-18-14-15-19-22(21)24/h14-15,18-19,23-24H,1-13,16-17,20H2. The van der Waals surface area contributed by atoms with E-state index in [4.69, 9.17) is 5.11 Å². The van der Waals surface area contributed by atoms with Gasteiger partial charge in [-0.3, -0.25) is 0 Å². The first-order chi connectivity index (χ1) is 11.8. The Balaban J connectivity index is 1.77. The van der Waals surface area contributed by atoms with Crippen LogP contribution < -0.4 is 0 Å². The van der Waals surface area contributed by atoms with Crippen molar-refractivity contribution in [3.63, 3.8) is 0 Å². The maximum Gasteiger partial charge on any atom is 0.118 e. The van der Waals surface area contributed by atoms with Crippen molar-refractivity contribution < 1.29 is 10.2 Å².